The standard InChI is InChI=1S/C18H20O5/c1-12-6-5-9-14(19)8-4-2-3-7-13-10-15(20)11-16(21)17(13)18(22)23-12/h3,5-7,10-12,20-21H,2,4,8-9H2,1H3/b6-5+,7-3+/t12-/m0/s1. The van der Waals surface area contributed by atoms with Crippen molar-refractivity contribution in [3.8, 4) is 11.5 Å². The van der Waals surface area contributed by atoms with Gasteiger partial charge in [0, 0.05) is 18.9 Å². The number of carbonyl (C=O) groups excluding carboxylic acids is 2. The lowest BCUT2D eigenvalue weighted by Crippen LogP contribution is -2.14. The summed E-state index contributed by atoms with van der Waals surface area (Å²) < 4.78 is 5.27. The average Bonchev–Trinajstić information content (AvgIpc) is 2.45. The predicted octanol–water partition coefficient (Wildman–Crippen LogP) is 3.36. The van der Waals surface area contributed by atoms with E-state index in [1.165, 1.54) is 6.07 Å². The van der Waals surface area contributed by atoms with Gasteiger partial charge in [-0.3, -0.25) is 4.79 Å². The Kier molecular flexibility index (Phi) is 5.57. The van der Waals surface area contributed by atoms with E-state index in [1.807, 2.05) is 6.08 Å². The molecule has 23 heavy (non-hydrogen) atoms. The Morgan fingerprint density at radius 3 is 2.74 bits per heavy atom. The summed E-state index contributed by atoms with van der Waals surface area (Å²) in [6.07, 6.45) is 8.45. The van der Waals surface area contributed by atoms with Gasteiger partial charge in [0.05, 0.1) is 0 Å². The smallest absolute Gasteiger partial charge is 0.343 e. The molecule has 0 saturated carbocycles. The van der Waals surface area contributed by atoms with E-state index in [0.717, 1.165) is 6.07 Å². The topological polar surface area (TPSA) is 83.8 Å². The summed E-state index contributed by atoms with van der Waals surface area (Å²) in [7, 11) is 0. The van der Waals surface area contributed by atoms with Crippen LogP contribution < -0.4 is 0 Å². The Labute approximate surface area is 134 Å². The molecule has 0 bridgehead atoms. The van der Waals surface area contributed by atoms with Crippen molar-refractivity contribution in [1.82, 2.24) is 0 Å². The molecule has 0 aliphatic carbocycles. The van der Waals surface area contributed by atoms with E-state index >= 15 is 0 Å². The lowest BCUT2D eigenvalue weighted by molar-refractivity contribution is -0.118. The zero-order valence-corrected chi connectivity index (χ0v) is 13.0. The molecule has 1 atom stereocenters. The highest BCUT2D eigenvalue weighted by atomic mass is 16.5. The van der Waals surface area contributed by atoms with E-state index in [-0.39, 0.29) is 22.8 Å². The number of phenols is 2. The zero-order valence-electron chi connectivity index (χ0n) is 13.0. The zero-order chi connectivity index (χ0) is 16.8. The van der Waals surface area contributed by atoms with Crippen molar-refractivity contribution in [2.24, 2.45) is 0 Å². The van der Waals surface area contributed by atoms with Crippen molar-refractivity contribution >= 4 is 17.8 Å². The van der Waals surface area contributed by atoms with Gasteiger partial charge >= 0.3 is 5.97 Å². The molecule has 0 amide bonds. The molecule has 5 nitrogen and oxygen atoms in total. The molecule has 0 aromatic heterocycles. The maximum Gasteiger partial charge on any atom is 0.343 e. The number of phenolic OH excluding ortho intramolecular Hbond substituents is 2. The van der Waals surface area contributed by atoms with Crippen LogP contribution in [-0.4, -0.2) is 28.1 Å². The number of aromatic hydroxyl groups is 2. The molecule has 0 spiro atoms. The second-order valence-corrected chi connectivity index (χ2v) is 5.51. The van der Waals surface area contributed by atoms with Crippen molar-refractivity contribution < 1.29 is 24.5 Å². The van der Waals surface area contributed by atoms with Crippen LogP contribution in [-0.2, 0) is 9.53 Å². The molecule has 0 unspecified atom stereocenters. The molecule has 0 radical (unpaired) electrons. The number of ketones is 1. The number of allylic oxidation sites excluding steroid dienone is 2. The van der Waals surface area contributed by atoms with Crippen molar-refractivity contribution in [3.05, 3.63) is 41.5 Å². The highest BCUT2D eigenvalue weighted by molar-refractivity contribution is 5.97. The van der Waals surface area contributed by atoms with Gasteiger partial charge in [-0.15, -0.1) is 0 Å². The molecule has 0 saturated heterocycles. The molecule has 1 aliphatic heterocycles. The Balaban J connectivity index is 2.37. The number of hydrogen-bond donors (Lipinski definition) is 2. The number of esters is 1. The molecule has 2 N–H and O–H groups in total. The summed E-state index contributed by atoms with van der Waals surface area (Å²) in [4.78, 5) is 23.9. The van der Waals surface area contributed by atoms with Gasteiger partial charge in [0.1, 0.15) is 28.9 Å². The summed E-state index contributed by atoms with van der Waals surface area (Å²) in [5.41, 5.74) is 0.402. The summed E-state index contributed by atoms with van der Waals surface area (Å²) in [6.45, 7) is 1.68. The molecular formula is C18H20O5. The number of ether oxygens (including phenoxy) is 1. The van der Waals surface area contributed by atoms with Gasteiger partial charge < -0.3 is 14.9 Å². The SMILES string of the molecule is C[C@H]1/C=C/CC(=O)CCC/C=C/c2cc(O)cc(O)c2C(=O)O1. The van der Waals surface area contributed by atoms with Crippen LogP contribution in [0.5, 0.6) is 11.5 Å². The monoisotopic (exact) mass is 316 g/mol. The summed E-state index contributed by atoms with van der Waals surface area (Å²) >= 11 is 0. The lowest BCUT2D eigenvalue weighted by Gasteiger charge is -2.13. The summed E-state index contributed by atoms with van der Waals surface area (Å²) in [6, 6.07) is 2.50. The normalized spacial score (nSPS) is 22.6. The number of hydrogen-bond acceptors (Lipinski definition) is 5. The Bertz CT molecular complexity index is 658. The highest BCUT2D eigenvalue weighted by Gasteiger charge is 2.19. The maximum absolute atomic E-state index is 12.3. The first-order valence-electron chi connectivity index (χ1n) is 7.59. The van der Waals surface area contributed by atoms with Crippen molar-refractivity contribution in [2.45, 2.75) is 38.7 Å². The molecular weight excluding hydrogens is 296 g/mol. The quantitative estimate of drug-likeness (QED) is 0.566. The van der Waals surface area contributed by atoms with Crippen LogP contribution in [0.3, 0.4) is 0 Å². The van der Waals surface area contributed by atoms with Crippen molar-refractivity contribution in [2.75, 3.05) is 0 Å². The fraction of sp³-hybridized carbons (Fsp3) is 0.333. The molecule has 1 heterocycles. The van der Waals surface area contributed by atoms with E-state index in [0.29, 0.717) is 31.2 Å². The van der Waals surface area contributed by atoms with E-state index in [1.54, 1.807) is 25.2 Å². The van der Waals surface area contributed by atoms with E-state index in [4.69, 9.17) is 4.74 Å². The van der Waals surface area contributed by atoms with Crippen molar-refractivity contribution in [3.63, 3.8) is 0 Å². The Morgan fingerprint density at radius 1 is 1.17 bits per heavy atom. The third-order valence-electron chi connectivity index (χ3n) is 3.51. The Hall–Kier alpha value is -2.56. The molecule has 0 fully saturated rings. The van der Waals surface area contributed by atoms with Crippen LogP contribution in [0.25, 0.3) is 6.08 Å². The Morgan fingerprint density at radius 2 is 1.96 bits per heavy atom. The fourth-order valence-corrected chi connectivity index (χ4v) is 2.37. The first-order valence-corrected chi connectivity index (χ1v) is 7.59. The molecule has 122 valence electrons. The second kappa shape index (κ2) is 7.63. The van der Waals surface area contributed by atoms with Gasteiger partial charge in [-0.05, 0) is 37.5 Å². The van der Waals surface area contributed by atoms with Crippen molar-refractivity contribution in [1.29, 1.82) is 0 Å². The minimum atomic E-state index is -0.678. The van der Waals surface area contributed by atoms with Crippen LogP contribution in [0.2, 0.25) is 0 Å². The first kappa shape index (κ1) is 16.8. The molecule has 5 heteroatoms. The number of benzene rings is 1. The van der Waals surface area contributed by atoms with Crippen LogP contribution >= 0.6 is 0 Å². The third kappa shape index (κ3) is 4.71. The number of rotatable bonds is 0. The molecule has 1 aliphatic rings. The molecule has 1 aromatic rings. The number of fused-ring (bicyclic) bond motifs is 1. The highest BCUT2D eigenvalue weighted by Crippen LogP contribution is 2.29. The van der Waals surface area contributed by atoms with Crippen LogP contribution in [0.1, 0.15) is 48.5 Å². The van der Waals surface area contributed by atoms with Gasteiger partial charge in [0.25, 0.3) is 0 Å². The van der Waals surface area contributed by atoms with Gasteiger partial charge in [-0.1, -0.05) is 18.2 Å². The van der Waals surface area contributed by atoms with E-state index in [9.17, 15) is 19.8 Å². The number of carbonyl (C=O) groups is 2. The molecule has 2 rings (SSSR count). The van der Waals surface area contributed by atoms with Gasteiger partial charge in [0.2, 0.25) is 0 Å². The number of cyclic esters (lactones) is 1. The summed E-state index contributed by atoms with van der Waals surface area (Å²) in [5.74, 6) is -1.00. The number of Topliss-reactive ketones (excluding diaryl/α,β-unsaturated/α-hetero) is 1. The largest absolute Gasteiger partial charge is 0.508 e. The lowest BCUT2D eigenvalue weighted by atomic mass is 10.0. The maximum atomic E-state index is 12.3. The first-order chi connectivity index (χ1) is 11.0. The summed E-state index contributed by atoms with van der Waals surface area (Å²) in [5, 5.41) is 19.6. The minimum Gasteiger partial charge on any atom is -0.508 e. The van der Waals surface area contributed by atoms with Crippen LogP contribution in [0, 0.1) is 0 Å². The van der Waals surface area contributed by atoms with E-state index < -0.39 is 12.1 Å². The second-order valence-electron chi connectivity index (χ2n) is 5.51. The van der Waals surface area contributed by atoms with Crippen LogP contribution in [0.4, 0.5) is 0 Å². The fourth-order valence-electron chi connectivity index (χ4n) is 2.37. The van der Waals surface area contributed by atoms with Gasteiger partial charge in [0.15, 0.2) is 0 Å². The van der Waals surface area contributed by atoms with E-state index in [2.05, 4.69) is 0 Å². The van der Waals surface area contributed by atoms with Gasteiger partial charge in [-0.2, -0.15) is 0 Å². The van der Waals surface area contributed by atoms with Crippen LogP contribution in [0.15, 0.2) is 30.4 Å². The average molecular weight is 316 g/mol. The van der Waals surface area contributed by atoms with Gasteiger partial charge in [-0.25, -0.2) is 4.79 Å². The predicted molar refractivity (Wildman–Crippen MR) is 86.3 cm³/mol. The minimum absolute atomic E-state index is 0.0208. The third-order valence-corrected chi connectivity index (χ3v) is 3.51. The molecule has 1 aromatic carbocycles.